The Labute approximate surface area is 287 Å². The molecule has 2 N–H and O–H groups in total. The van der Waals surface area contributed by atoms with Gasteiger partial charge in [-0.15, -0.1) is 0 Å². The number of nitrogens with one attached hydrogen (secondary N) is 1. The Hall–Kier alpha value is -4.65. The van der Waals surface area contributed by atoms with Crippen LogP contribution in [0.2, 0.25) is 0 Å². The van der Waals surface area contributed by atoms with Crippen LogP contribution >= 0.6 is 0 Å². The van der Waals surface area contributed by atoms with E-state index >= 15 is 0 Å². The van der Waals surface area contributed by atoms with Gasteiger partial charge in [0.2, 0.25) is 5.91 Å². The van der Waals surface area contributed by atoms with Crippen molar-refractivity contribution in [1.29, 1.82) is 0 Å². The zero-order valence-electron chi connectivity index (χ0n) is 28.5. The molecule has 0 unspecified atom stereocenters. The van der Waals surface area contributed by atoms with Gasteiger partial charge in [-0.25, -0.2) is 9.59 Å². The van der Waals surface area contributed by atoms with E-state index < -0.39 is 11.7 Å². The summed E-state index contributed by atoms with van der Waals surface area (Å²) < 4.78 is 22.1. The summed E-state index contributed by atoms with van der Waals surface area (Å²) in [5.74, 6) is 0.0323. The molecule has 2 heterocycles. The third-order valence-corrected chi connectivity index (χ3v) is 8.26. The molecule has 0 spiro atoms. The van der Waals surface area contributed by atoms with Crippen LogP contribution in [0.5, 0.6) is 5.75 Å². The number of phenols is 1. The molecule has 49 heavy (non-hydrogen) atoms. The Kier molecular flexibility index (Phi) is 11.8. The van der Waals surface area contributed by atoms with E-state index in [1.54, 1.807) is 42.7 Å². The van der Waals surface area contributed by atoms with E-state index in [0.29, 0.717) is 72.4 Å². The highest BCUT2D eigenvalue weighted by molar-refractivity contribution is 6.00. The molecule has 12 heteroatoms. The van der Waals surface area contributed by atoms with E-state index in [0.717, 1.165) is 33.2 Å². The monoisotopic (exact) mass is 674 g/mol. The summed E-state index contributed by atoms with van der Waals surface area (Å²) in [6.07, 6.45) is 0.815. The molecule has 2 aliphatic rings. The second-order valence-corrected chi connectivity index (χ2v) is 13.0. The zero-order valence-corrected chi connectivity index (χ0v) is 28.5. The summed E-state index contributed by atoms with van der Waals surface area (Å²) in [6.45, 7) is 13.1. The van der Waals surface area contributed by atoms with Crippen molar-refractivity contribution in [3.8, 4) is 16.9 Å². The van der Waals surface area contributed by atoms with Crippen LogP contribution in [0.3, 0.4) is 0 Å². The number of carbonyl (C=O) groups is 3. The summed E-state index contributed by atoms with van der Waals surface area (Å²) in [4.78, 5) is 42.9. The van der Waals surface area contributed by atoms with Crippen molar-refractivity contribution in [2.75, 3.05) is 70.7 Å². The highest BCUT2D eigenvalue weighted by Gasteiger charge is 2.41. The molecule has 1 saturated heterocycles. The summed E-state index contributed by atoms with van der Waals surface area (Å²) in [7, 11) is 0. The molecule has 0 atom stereocenters. The Morgan fingerprint density at radius 1 is 0.959 bits per heavy atom. The molecule has 0 bridgehead atoms. The summed E-state index contributed by atoms with van der Waals surface area (Å²) in [5, 5.41) is 15.0. The van der Waals surface area contributed by atoms with Gasteiger partial charge in [0, 0.05) is 26.2 Å². The number of likely N-dealkylation sites (tertiary alicyclic amines) is 1. The second kappa shape index (κ2) is 16.2. The molecule has 0 aromatic heterocycles. The van der Waals surface area contributed by atoms with Crippen LogP contribution in [0.15, 0.2) is 67.3 Å². The minimum Gasteiger partial charge on any atom is -0.508 e. The minimum atomic E-state index is -0.547. The number of fused-ring (bicyclic) bond motifs is 2. The fourth-order valence-corrected chi connectivity index (χ4v) is 5.86. The molecule has 5 rings (SSSR count). The highest BCUT2D eigenvalue weighted by Crippen LogP contribution is 2.38. The first-order valence-corrected chi connectivity index (χ1v) is 16.6. The van der Waals surface area contributed by atoms with Crippen LogP contribution in [-0.2, 0) is 30.3 Å². The van der Waals surface area contributed by atoms with Crippen LogP contribution in [-0.4, -0.2) is 110 Å². The number of ether oxygens (including phenoxy) is 4. The number of phenolic OH excluding ortho intramolecular Hbond substituents is 1. The van der Waals surface area contributed by atoms with E-state index in [1.165, 1.54) is 6.08 Å². The predicted octanol–water partition coefficient (Wildman–Crippen LogP) is 4.93. The SMILES string of the molecule is C=CC(=O)N1CC(N2Cc3ccc(-c4cc(O)cc5ccccc45)cc3N(CCOCCOCCOCCNC(=O)OC(C)(C)C)C2=O)C1. The third kappa shape index (κ3) is 9.28. The van der Waals surface area contributed by atoms with E-state index in [9.17, 15) is 19.5 Å². The van der Waals surface area contributed by atoms with Gasteiger partial charge in [-0.05, 0) is 72.5 Å². The maximum atomic E-state index is 14.0. The van der Waals surface area contributed by atoms with E-state index in [1.807, 2.05) is 47.4 Å². The minimum absolute atomic E-state index is 0.0913. The van der Waals surface area contributed by atoms with Gasteiger partial charge in [0.1, 0.15) is 11.4 Å². The molecular formula is C37H46N4O8. The van der Waals surface area contributed by atoms with Crippen LogP contribution in [0, 0.1) is 0 Å². The van der Waals surface area contributed by atoms with E-state index in [4.69, 9.17) is 18.9 Å². The number of hydrogen-bond acceptors (Lipinski definition) is 8. The van der Waals surface area contributed by atoms with Gasteiger partial charge >= 0.3 is 12.1 Å². The highest BCUT2D eigenvalue weighted by atomic mass is 16.6. The number of nitrogens with zero attached hydrogens (tertiary/aromatic N) is 3. The van der Waals surface area contributed by atoms with Crippen molar-refractivity contribution >= 4 is 34.5 Å². The van der Waals surface area contributed by atoms with Crippen molar-refractivity contribution in [2.45, 2.75) is 39.0 Å². The van der Waals surface area contributed by atoms with Crippen molar-refractivity contribution in [2.24, 2.45) is 0 Å². The summed E-state index contributed by atoms with van der Waals surface area (Å²) in [5.41, 5.74) is 3.01. The molecule has 4 amide bonds. The zero-order chi connectivity index (χ0) is 35.0. The average molecular weight is 675 g/mol. The van der Waals surface area contributed by atoms with Crippen molar-refractivity contribution in [3.05, 3.63) is 72.8 Å². The van der Waals surface area contributed by atoms with Gasteiger partial charge in [0.05, 0.1) is 57.9 Å². The maximum Gasteiger partial charge on any atom is 0.407 e. The normalized spacial score (nSPS) is 14.8. The first kappa shape index (κ1) is 35.7. The molecule has 1 fully saturated rings. The van der Waals surface area contributed by atoms with Gasteiger partial charge in [-0.3, -0.25) is 9.69 Å². The van der Waals surface area contributed by atoms with Crippen molar-refractivity contribution in [1.82, 2.24) is 15.1 Å². The first-order chi connectivity index (χ1) is 23.5. The van der Waals surface area contributed by atoms with Gasteiger partial charge in [-0.2, -0.15) is 0 Å². The number of rotatable bonds is 15. The number of hydrogen-bond donors (Lipinski definition) is 2. The third-order valence-electron chi connectivity index (χ3n) is 8.26. The second-order valence-electron chi connectivity index (χ2n) is 13.0. The van der Waals surface area contributed by atoms with Crippen LogP contribution in [0.25, 0.3) is 21.9 Å². The van der Waals surface area contributed by atoms with E-state index in [2.05, 4.69) is 11.9 Å². The molecule has 12 nitrogen and oxygen atoms in total. The fourth-order valence-electron chi connectivity index (χ4n) is 5.86. The molecule has 262 valence electrons. The lowest BCUT2D eigenvalue weighted by Crippen LogP contribution is -2.64. The lowest BCUT2D eigenvalue weighted by molar-refractivity contribution is -0.132. The van der Waals surface area contributed by atoms with Crippen LogP contribution in [0.4, 0.5) is 15.3 Å². The van der Waals surface area contributed by atoms with E-state index in [-0.39, 0.29) is 23.7 Å². The summed E-state index contributed by atoms with van der Waals surface area (Å²) >= 11 is 0. The molecule has 2 aliphatic heterocycles. The Balaban J connectivity index is 1.15. The van der Waals surface area contributed by atoms with Crippen molar-refractivity contribution in [3.63, 3.8) is 0 Å². The maximum absolute atomic E-state index is 14.0. The Morgan fingerprint density at radius 3 is 2.37 bits per heavy atom. The fraction of sp³-hybridized carbons (Fsp3) is 0.432. The standard InChI is InChI=1S/C37H46N4O8/c1-5-34(43)39-24-29(25-39)41-23-28-11-10-27(32-22-30(42)20-26-8-6-7-9-31(26)32)21-33(28)40(36(41)45)13-15-47-17-19-48-18-16-46-14-12-38-35(44)49-37(2,3)4/h5-11,20-22,29,42H,1,12-19,23-25H2,2-4H3,(H,38,44). The lowest BCUT2D eigenvalue weighted by Gasteiger charge is -2.48. The molecule has 0 radical (unpaired) electrons. The lowest BCUT2D eigenvalue weighted by atomic mass is 9.95. The summed E-state index contributed by atoms with van der Waals surface area (Å²) in [6, 6.07) is 17.2. The number of urea groups is 1. The average Bonchev–Trinajstić information content (AvgIpc) is 3.04. The Morgan fingerprint density at radius 2 is 1.65 bits per heavy atom. The number of anilines is 1. The van der Waals surface area contributed by atoms with Gasteiger partial charge < -0.3 is 39.2 Å². The van der Waals surface area contributed by atoms with Gasteiger partial charge in [0.15, 0.2) is 0 Å². The smallest absolute Gasteiger partial charge is 0.407 e. The molecule has 0 aliphatic carbocycles. The quantitative estimate of drug-likeness (QED) is 0.172. The molecule has 3 aromatic carbocycles. The van der Waals surface area contributed by atoms with Crippen molar-refractivity contribution < 1.29 is 38.4 Å². The number of benzene rings is 3. The molecule has 0 saturated carbocycles. The number of carbonyl (C=O) groups excluding carboxylic acids is 3. The number of aromatic hydroxyl groups is 1. The topological polar surface area (TPSA) is 130 Å². The number of alkyl carbamates (subject to hydrolysis) is 1. The van der Waals surface area contributed by atoms with Crippen LogP contribution in [0.1, 0.15) is 26.3 Å². The predicted molar refractivity (Wildman–Crippen MR) is 187 cm³/mol. The van der Waals surface area contributed by atoms with Gasteiger partial charge in [0.25, 0.3) is 0 Å². The molecular weight excluding hydrogens is 628 g/mol. The first-order valence-electron chi connectivity index (χ1n) is 16.6. The number of amides is 4. The van der Waals surface area contributed by atoms with Gasteiger partial charge in [-0.1, -0.05) is 43.0 Å². The van der Waals surface area contributed by atoms with Crippen LogP contribution < -0.4 is 10.2 Å². The molecule has 3 aromatic rings. The largest absolute Gasteiger partial charge is 0.508 e. The Bertz CT molecular complexity index is 1650.